The third-order valence-corrected chi connectivity index (χ3v) is 11.4. The van der Waals surface area contributed by atoms with Crippen molar-refractivity contribution in [2.45, 2.75) is 190 Å². The van der Waals surface area contributed by atoms with Crippen molar-refractivity contribution in [3.8, 4) is 0 Å². The van der Waals surface area contributed by atoms with E-state index in [0.717, 1.165) is 30.6 Å². The van der Waals surface area contributed by atoms with Crippen LogP contribution < -0.4 is 0 Å². The second kappa shape index (κ2) is 18.1. The van der Waals surface area contributed by atoms with Crippen LogP contribution in [-0.2, 0) is 14.3 Å². The number of esters is 1. The van der Waals surface area contributed by atoms with Gasteiger partial charge < -0.3 is 14.9 Å². The normalized spacial score (nSPS) is 33.2. The Kier molecular flexibility index (Phi) is 16.8. The predicted molar refractivity (Wildman–Crippen MR) is 185 cm³/mol. The van der Waals surface area contributed by atoms with E-state index in [4.69, 9.17) is 14.9 Å². The molecular weight excluding hydrogens is 605 g/mol. The molecule has 0 aliphatic heterocycles. The standard InChI is InChI=1S/C23H37F3.C10H18O4.C4H10O.C2H6/c1-4-5-15-7-9-19-18-8-6-16-14-17(23(24,25)26)10-12-22(16,3)20(18)11-13-21(15,19)2;1-10(2,3)14-9(13)7-5-4-6-8(11)12;1-4(2,3)5;1-2/h15-20H,4-14H2,1-3H3;4-7H2,1-3H3,(H,11,12);5H,1-3H3;1-2H3. The van der Waals surface area contributed by atoms with Gasteiger partial charge in [0.15, 0.2) is 0 Å². The lowest BCUT2D eigenvalue weighted by Crippen LogP contribution is -2.54. The molecule has 0 aromatic heterocycles. The molecule has 0 radical (unpaired) electrons. The molecule has 0 aromatic rings. The van der Waals surface area contributed by atoms with Gasteiger partial charge in [0.2, 0.25) is 0 Å². The molecule has 0 spiro atoms. The van der Waals surface area contributed by atoms with Crippen LogP contribution in [0.1, 0.15) is 172 Å². The van der Waals surface area contributed by atoms with E-state index >= 15 is 0 Å². The Bertz CT molecular complexity index is 946. The Morgan fingerprint density at radius 1 is 0.809 bits per heavy atom. The maximum atomic E-state index is 13.3. The number of fused-ring (bicyclic) bond motifs is 5. The molecule has 0 saturated heterocycles. The van der Waals surface area contributed by atoms with Crippen molar-refractivity contribution in [1.29, 1.82) is 0 Å². The Morgan fingerprint density at radius 2 is 1.34 bits per heavy atom. The molecule has 4 rings (SSSR count). The summed E-state index contributed by atoms with van der Waals surface area (Å²) in [7, 11) is 0. The smallest absolute Gasteiger partial charge is 0.391 e. The summed E-state index contributed by atoms with van der Waals surface area (Å²) >= 11 is 0. The number of rotatable bonds is 7. The number of ether oxygens (including phenoxy) is 1. The lowest BCUT2D eigenvalue weighted by Gasteiger charge is -2.61. The Morgan fingerprint density at radius 3 is 1.85 bits per heavy atom. The van der Waals surface area contributed by atoms with E-state index in [2.05, 4.69) is 20.8 Å². The zero-order valence-corrected chi connectivity index (χ0v) is 31.8. The number of aliphatic carboxylic acids is 1. The first-order valence-corrected chi connectivity index (χ1v) is 18.7. The summed E-state index contributed by atoms with van der Waals surface area (Å²) in [5.41, 5.74) is -0.262. The summed E-state index contributed by atoms with van der Waals surface area (Å²) in [5, 5.41) is 16.9. The largest absolute Gasteiger partial charge is 0.481 e. The van der Waals surface area contributed by atoms with E-state index in [-0.39, 0.29) is 17.8 Å². The van der Waals surface area contributed by atoms with Crippen molar-refractivity contribution in [2.24, 2.45) is 46.3 Å². The molecule has 4 aliphatic rings. The van der Waals surface area contributed by atoms with Crippen molar-refractivity contribution in [3.63, 3.8) is 0 Å². The van der Waals surface area contributed by atoms with Gasteiger partial charge in [0, 0.05) is 12.8 Å². The quantitative estimate of drug-likeness (QED) is 0.207. The van der Waals surface area contributed by atoms with Gasteiger partial charge in [-0.1, -0.05) is 47.5 Å². The minimum Gasteiger partial charge on any atom is -0.481 e. The number of aliphatic hydroxyl groups is 1. The van der Waals surface area contributed by atoms with E-state index < -0.39 is 29.3 Å². The molecule has 0 aromatic carbocycles. The lowest BCUT2D eigenvalue weighted by atomic mass is 9.44. The number of hydrogen-bond donors (Lipinski definition) is 2. The van der Waals surface area contributed by atoms with E-state index in [1.54, 1.807) is 20.8 Å². The number of carboxylic acids is 1. The van der Waals surface area contributed by atoms with Crippen LogP contribution in [0.4, 0.5) is 13.2 Å². The molecular formula is C39H71F3O5. The Labute approximate surface area is 285 Å². The summed E-state index contributed by atoms with van der Waals surface area (Å²) in [6.07, 6.45) is 9.42. The van der Waals surface area contributed by atoms with Gasteiger partial charge in [0.25, 0.3) is 0 Å². The van der Waals surface area contributed by atoms with Crippen LogP contribution >= 0.6 is 0 Å². The van der Waals surface area contributed by atoms with E-state index in [0.29, 0.717) is 49.4 Å². The molecule has 0 amide bonds. The molecule has 8 heteroatoms. The average molecular weight is 677 g/mol. The number of alkyl halides is 3. The van der Waals surface area contributed by atoms with Crippen LogP contribution in [0, 0.1) is 46.3 Å². The SMILES string of the molecule is CC.CC(C)(C)O.CC(C)(C)OC(=O)CCCCC(=O)O.CCCC1CCC2C3CCC4CC(C(F)(F)F)CCC4(C)C3CCC12C. The van der Waals surface area contributed by atoms with Crippen molar-refractivity contribution in [3.05, 3.63) is 0 Å². The molecule has 2 N–H and O–H groups in total. The summed E-state index contributed by atoms with van der Waals surface area (Å²) in [4.78, 5) is 21.3. The van der Waals surface area contributed by atoms with Crippen molar-refractivity contribution in [2.75, 3.05) is 0 Å². The Hall–Kier alpha value is -1.31. The molecule has 4 fully saturated rings. The molecule has 278 valence electrons. The van der Waals surface area contributed by atoms with Gasteiger partial charge >= 0.3 is 18.1 Å². The number of carbonyl (C=O) groups excluding carboxylic acids is 1. The van der Waals surface area contributed by atoms with Crippen molar-refractivity contribution >= 4 is 11.9 Å². The predicted octanol–water partition coefficient (Wildman–Crippen LogP) is 11.4. The first-order valence-electron chi connectivity index (χ1n) is 18.7. The van der Waals surface area contributed by atoms with E-state index in [1.807, 2.05) is 34.6 Å². The molecule has 5 nitrogen and oxygen atoms in total. The summed E-state index contributed by atoms with van der Waals surface area (Å²) < 4.78 is 45.0. The van der Waals surface area contributed by atoms with Gasteiger partial charge in [-0.3, -0.25) is 9.59 Å². The van der Waals surface area contributed by atoms with Crippen molar-refractivity contribution in [1.82, 2.24) is 0 Å². The van der Waals surface area contributed by atoms with E-state index in [1.165, 1.54) is 44.9 Å². The molecule has 4 aliphatic carbocycles. The van der Waals surface area contributed by atoms with Gasteiger partial charge in [0.05, 0.1) is 11.5 Å². The third-order valence-electron chi connectivity index (χ3n) is 11.4. The molecule has 0 heterocycles. The highest BCUT2D eigenvalue weighted by Crippen LogP contribution is 2.68. The molecule has 8 atom stereocenters. The third kappa shape index (κ3) is 13.5. The highest BCUT2D eigenvalue weighted by Gasteiger charge is 2.61. The number of halogens is 3. The van der Waals surface area contributed by atoms with Crippen LogP contribution in [0.15, 0.2) is 0 Å². The summed E-state index contributed by atoms with van der Waals surface area (Å²) in [6.45, 7) is 21.9. The number of hydrogen-bond acceptors (Lipinski definition) is 4. The zero-order valence-electron chi connectivity index (χ0n) is 31.8. The zero-order chi connectivity index (χ0) is 36.4. The molecule has 0 bridgehead atoms. The Balaban J connectivity index is 0.000000445. The first kappa shape index (κ1) is 43.7. The van der Waals surface area contributed by atoms with Gasteiger partial charge in [-0.15, -0.1) is 0 Å². The molecule has 8 unspecified atom stereocenters. The fourth-order valence-corrected chi connectivity index (χ4v) is 9.42. The number of carboxylic acid groups (broad SMARTS) is 1. The highest BCUT2D eigenvalue weighted by atomic mass is 19.4. The molecule has 4 saturated carbocycles. The van der Waals surface area contributed by atoms with Crippen LogP contribution in [-0.4, -0.2) is 39.5 Å². The minimum absolute atomic E-state index is 0.114. The van der Waals surface area contributed by atoms with Crippen LogP contribution in [0.5, 0.6) is 0 Å². The van der Waals surface area contributed by atoms with Gasteiger partial charge in [0.1, 0.15) is 5.60 Å². The first-order chi connectivity index (χ1) is 21.5. The second-order valence-corrected chi connectivity index (χ2v) is 17.1. The highest BCUT2D eigenvalue weighted by molar-refractivity contribution is 5.70. The second-order valence-electron chi connectivity index (χ2n) is 17.1. The van der Waals surface area contributed by atoms with Crippen LogP contribution in [0.25, 0.3) is 0 Å². The summed E-state index contributed by atoms with van der Waals surface area (Å²) in [6, 6.07) is 0. The van der Waals surface area contributed by atoms with E-state index in [9.17, 15) is 22.8 Å². The van der Waals surface area contributed by atoms with Gasteiger partial charge in [-0.05, 0) is 153 Å². The summed E-state index contributed by atoms with van der Waals surface area (Å²) in [5.74, 6) is 1.40. The van der Waals surface area contributed by atoms with Gasteiger partial charge in [-0.2, -0.15) is 13.2 Å². The maximum absolute atomic E-state index is 13.3. The molecule has 47 heavy (non-hydrogen) atoms. The van der Waals surface area contributed by atoms with Crippen molar-refractivity contribution < 1.29 is 37.7 Å². The fourth-order valence-electron chi connectivity index (χ4n) is 9.42. The topological polar surface area (TPSA) is 83.8 Å². The fraction of sp³-hybridized carbons (Fsp3) is 0.949. The maximum Gasteiger partial charge on any atom is 0.391 e. The van der Waals surface area contributed by atoms with Gasteiger partial charge in [-0.25, -0.2) is 0 Å². The van der Waals surface area contributed by atoms with Crippen LogP contribution in [0.3, 0.4) is 0 Å². The minimum atomic E-state index is -3.98. The monoisotopic (exact) mass is 677 g/mol. The number of carbonyl (C=O) groups is 2. The average Bonchev–Trinajstić information content (AvgIpc) is 3.26. The number of unbranched alkanes of at least 4 members (excludes halogenated alkanes) is 1. The van der Waals surface area contributed by atoms with Crippen LogP contribution in [0.2, 0.25) is 0 Å². The lowest BCUT2D eigenvalue weighted by molar-refractivity contribution is -0.208.